The van der Waals surface area contributed by atoms with Gasteiger partial charge in [-0.05, 0) is 45.7 Å². The van der Waals surface area contributed by atoms with Crippen LogP contribution in [-0.2, 0) is 9.53 Å². The molecule has 0 aliphatic carbocycles. The van der Waals surface area contributed by atoms with E-state index in [9.17, 15) is 14.4 Å². The molecule has 3 amide bonds. The Bertz CT molecular complexity index is 787. The lowest BCUT2D eigenvalue weighted by molar-refractivity contribution is -0.120. The molecule has 0 atom stereocenters. The number of rotatable bonds is 7. The van der Waals surface area contributed by atoms with Crippen molar-refractivity contribution in [3.05, 3.63) is 17.7 Å². The highest BCUT2D eigenvalue weighted by Crippen LogP contribution is 2.39. The van der Waals surface area contributed by atoms with Crippen molar-refractivity contribution in [3.8, 4) is 17.2 Å². The van der Waals surface area contributed by atoms with Crippen LogP contribution >= 0.6 is 0 Å². The molecule has 1 heterocycles. The molecule has 1 aliphatic rings. The normalized spacial score (nSPS) is 14.5. The van der Waals surface area contributed by atoms with Crippen LogP contribution in [0.25, 0.3) is 0 Å². The third kappa shape index (κ3) is 6.94. The Balaban J connectivity index is 2.05. The van der Waals surface area contributed by atoms with E-state index in [0.717, 1.165) is 0 Å². The van der Waals surface area contributed by atoms with E-state index in [1.807, 2.05) is 0 Å². The lowest BCUT2D eigenvalue weighted by Gasteiger charge is -2.33. The van der Waals surface area contributed by atoms with Crippen LogP contribution in [0.1, 0.15) is 44.0 Å². The molecule has 10 heteroatoms. The molecule has 0 unspecified atom stereocenters. The van der Waals surface area contributed by atoms with Gasteiger partial charge in [-0.1, -0.05) is 0 Å². The third-order valence-electron chi connectivity index (χ3n) is 4.57. The fourth-order valence-electron chi connectivity index (χ4n) is 3.17. The maximum absolute atomic E-state index is 13.0. The maximum atomic E-state index is 13.0. The average Bonchev–Trinajstić information content (AvgIpc) is 2.70. The Kier molecular flexibility index (Phi) is 7.95. The number of nitrogens with zero attached hydrogens (tertiary/aromatic N) is 1. The van der Waals surface area contributed by atoms with Gasteiger partial charge < -0.3 is 34.9 Å². The molecule has 1 fully saturated rings. The number of amides is 3. The number of primary amides is 1. The van der Waals surface area contributed by atoms with Crippen molar-refractivity contribution < 1.29 is 33.3 Å². The first-order valence-corrected chi connectivity index (χ1v) is 10.00. The number of hydrogen-bond acceptors (Lipinski definition) is 7. The van der Waals surface area contributed by atoms with Crippen LogP contribution in [0.15, 0.2) is 12.1 Å². The summed E-state index contributed by atoms with van der Waals surface area (Å²) < 4.78 is 21.3. The number of hydrogen-bond donors (Lipinski definition) is 2. The summed E-state index contributed by atoms with van der Waals surface area (Å²) in [6.07, 6.45) is 0.760. The summed E-state index contributed by atoms with van der Waals surface area (Å²) >= 11 is 0. The molecule has 2 rings (SSSR count). The molecule has 0 bridgehead atoms. The highest BCUT2D eigenvalue weighted by Gasteiger charge is 2.28. The smallest absolute Gasteiger partial charge is 0.407 e. The second-order valence-corrected chi connectivity index (χ2v) is 8.18. The lowest BCUT2D eigenvalue weighted by atomic mass is 10.0. The summed E-state index contributed by atoms with van der Waals surface area (Å²) in [5, 5.41) is 2.85. The van der Waals surface area contributed by atoms with Gasteiger partial charge >= 0.3 is 6.09 Å². The van der Waals surface area contributed by atoms with Gasteiger partial charge in [-0.15, -0.1) is 0 Å². The standard InChI is InChI=1S/C21H31N3O7/c1-21(2,3)31-20(27)23-14-6-8-24(9-7-14)19(26)13-10-15(28-4)18(16(11-13)29-5)30-12-17(22)25/h10-11,14H,6-9,12H2,1-5H3,(H2,22,25)(H,23,27). The zero-order valence-corrected chi connectivity index (χ0v) is 18.6. The summed E-state index contributed by atoms with van der Waals surface area (Å²) in [7, 11) is 2.85. The Morgan fingerprint density at radius 2 is 1.65 bits per heavy atom. The minimum absolute atomic E-state index is 0.0625. The first-order chi connectivity index (χ1) is 14.5. The van der Waals surface area contributed by atoms with E-state index >= 15 is 0 Å². The monoisotopic (exact) mass is 437 g/mol. The largest absolute Gasteiger partial charge is 0.493 e. The number of nitrogens with one attached hydrogen (secondary N) is 1. The van der Waals surface area contributed by atoms with E-state index < -0.39 is 17.6 Å². The van der Waals surface area contributed by atoms with E-state index in [1.54, 1.807) is 25.7 Å². The quantitative estimate of drug-likeness (QED) is 0.664. The topological polar surface area (TPSA) is 129 Å². The van der Waals surface area contributed by atoms with Crippen molar-refractivity contribution in [1.29, 1.82) is 0 Å². The molecule has 1 saturated heterocycles. The molecule has 0 saturated carbocycles. The third-order valence-corrected chi connectivity index (χ3v) is 4.57. The van der Waals surface area contributed by atoms with Crippen molar-refractivity contribution in [1.82, 2.24) is 10.2 Å². The van der Waals surface area contributed by atoms with Crippen LogP contribution in [0.3, 0.4) is 0 Å². The first kappa shape index (κ1) is 24.1. The van der Waals surface area contributed by atoms with Gasteiger partial charge in [0.15, 0.2) is 18.1 Å². The molecule has 172 valence electrons. The van der Waals surface area contributed by atoms with Crippen molar-refractivity contribution in [2.24, 2.45) is 5.73 Å². The van der Waals surface area contributed by atoms with Crippen LogP contribution in [0.2, 0.25) is 0 Å². The summed E-state index contributed by atoms with van der Waals surface area (Å²) in [6, 6.07) is 3.01. The number of alkyl carbamates (subject to hydrolysis) is 1. The average molecular weight is 437 g/mol. The fourth-order valence-corrected chi connectivity index (χ4v) is 3.17. The number of benzene rings is 1. The molecule has 1 aromatic carbocycles. The lowest BCUT2D eigenvalue weighted by Crippen LogP contribution is -2.47. The van der Waals surface area contributed by atoms with E-state index in [0.29, 0.717) is 31.5 Å². The Hall–Kier alpha value is -3.17. The van der Waals surface area contributed by atoms with Crippen LogP contribution in [0.4, 0.5) is 4.79 Å². The van der Waals surface area contributed by atoms with Crippen molar-refractivity contribution in [3.63, 3.8) is 0 Å². The Morgan fingerprint density at radius 3 is 2.10 bits per heavy atom. The highest BCUT2D eigenvalue weighted by atomic mass is 16.6. The molecule has 10 nitrogen and oxygen atoms in total. The van der Waals surface area contributed by atoms with Gasteiger partial charge in [0.2, 0.25) is 5.75 Å². The van der Waals surface area contributed by atoms with Crippen LogP contribution in [0.5, 0.6) is 17.2 Å². The van der Waals surface area contributed by atoms with Crippen molar-refractivity contribution >= 4 is 17.9 Å². The van der Waals surface area contributed by atoms with E-state index in [1.165, 1.54) is 26.4 Å². The molecule has 0 spiro atoms. The van der Waals surface area contributed by atoms with E-state index in [2.05, 4.69) is 5.32 Å². The van der Waals surface area contributed by atoms with Crippen LogP contribution < -0.4 is 25.3 Å². The SMILES string of the molecule is COc1cc(C(=O)N2CCC(NC(=O)OC(C)(C)C)CC2)cc(OC)c1OCC(N)=O. The number of likely N-dealkylation sites (tertiary alicyclic amines) is 1. The molecular formula is C21H31N3O7. The summed E-state index contributed by atoms with van der Waals surface area (Å²) in [5.74, 6) is -0.141. The zero-order chi connectivity index (χ0) is 23.2. The second kappa shape index (κ2) is 10.2. The number of carbonyl (C=O) groups excluding carboxylic acids is 3. The number of carbonyl (C=O) groups is 3. The van der Waals surface area contributed by atoms with Gasteiger partial charge in [0.25, 0.3) is 11.8 Å². The highest BCUT2D eigenvalue weighted by molar-refractivity contribution is 5.95. The first-order valence-electron chi connectivity index (χ1n) is 10.00. The molecule has 1 aliphatic heterocycles. The van der Waals surface area contributed by atoms with Gasteiger partial charge in [0.05, 0.1) is 14.2 Å². The number of methoxy groups -OCH3 is 2. The van der Waals surface area contributed by atoms with Gasteiger partial charge in [0, 0.05) is 24.7 Å². The van der Waals surface area contributed by atoms with E-state index in [4.69, 9.17) is 24.7 Å². The maximum Gasteiger partial charge on any atom is 0.407 e. The number of piperidine rings is 1. The van der Waals surface area contributed by atoms with Crippen LogP contribution in [-0.4, -0.2) is 68.4 Å². The summed E-state index contributed by atoms with van der Waals surface area (Å²) in [6.45, 7) is 6.02. The fraction of sp³-hybridized carbons (Fsp3) is 0.571. The van der Waals surface area contributed by atoms with E-state index in [-0.39, 0.29) is 35.8 Å². The predicted octanol–water partition coefficient (Wildman–Crippen LogP) is 1.70. The molecule has 3 N–H and O–H groups in total. The molecule has 0 aromatic heterocycles. The number of ether oxygens (including phenoxy) is 4. The predicted molar refractivity (Wildman–Crippen MR) is 113 cm³/mol. The van der Waals surface area contributed by atoms with Crippen molar-refractivity contribution in [2.45, 2.75) is 45.3 Å². The van der Waals surface area contributed by atoms with Crippen LogP contribution in [0, 0.1) is 0 Å². The zero-order valence-electron chi connectivity index (χ0n) is 18.6. The van der Waals surface area contributed by atoms with Gasteiger partial charge in [-0.25, -0.2) is 4.79 Å². The molecule has 31 heavy (non-hydrogen) atoms. The Morgan fingerprint density at radius 1 is 1.10 bits per heavy atom. The molecular weight excluding hydrogens is 406 g/mol. The summed E-state index contributed by atoms with van der Waals surface area (Å²) in [5.41, 5.74) is 4.93. The molecule has 1 aromatic rings. The number of nitrogens with two attached hydrogens (primary N) is 1. The van der Waals surface area contributed by atoms with Gasteiger partial charge in [0.1, 0.15) is 5.60 Å². The van der Waals surface area contributed by atoms with Gasteiger partial charge in [-0.3, -0.25) is 9.59 Å². The minimum Gasteiger partial charge on any atom is -0.493 e. The van der Waals surface area contributed by atoms with Crippen molar-refractivity contribution in [2.75, 3.05) is 33.9 Å². The second-order valence-electron chi connectivity index (χ2n) is 8.18. The summed E-state index contributed by atoms with van der Waals surface area (Å²) in [4.78, 5) is 37.7. The minimum atomic E-state index is -0.646. The Labute approximate surface area is 181 Å². The molecule has 0 radical (unpaired) electrons. The van der Waals surface area contributed by atoms with Gasteiger partial charge in [-0.2, -0.15) is 0 Å².